The van der Waals surface area contributed by atoms with E-state index in [4.69, 9.17) is 19.2 Å². The molecule has 0 unspecified atom stereocenters. The topological polar surface area (TPSA) is 46.3 Å². The number of alkyl halides is 1. The lowest BCUT2D eigenvalue weighted by atomic mass is 10.1. The van der Waals surface area contributed by atoms with Gasteiger partial charge in [-0.3, -0.25) is 0 Å². The fourth-order valence-corrected chi connectivity index (χ4v) is 3.82. The predicted octanol–water partition coefficient (Wildman–Crippen LogP) is -1.18. The molecule has 3 aliphatic rings. The lowest BCUT2D eigenvalue weighted by Crippen LogP contribution is -3.00. The van der Waals surface area contributed by atoms with Crippen molar-refractivity contribution in [1.82, 2.24) is 4.58 Å². The number of hydrogen-bond acceptors (Lipinski definition) is 5. The Morgan fingerprint density at radius 3 is 2.75 bits per heavy atom. The zero-order valence-corrected chi connectivity index (χ0v) is 16.3. The van der Waals surface area contributed by atoms with Gasteiger partial charge in [0.2, 0.25) is 5.36 Å². The smallest absolute Gasteiger partial charge is 0.246 e. The molecule has 3 aliphatic heterocycles. The van der Waals surface area contributed by atoms with E-state index in [-0.39, 0.29) is 12.4 Å². The Morgan fingerprint density at radius 1 is 1.07 bits per heavy atom. The highest BCUT2D eigenvalue weighted by Crippen LogP contribution is 2.44. The maximum atomic E-state index is 12.9. The molecule has 0 aromatic heterocycles. The van der Waals surface area contributed by atoms with Crippen molar-refractivity contribution in [3.8, 4) is 23.0 Å². The second-order valence-electron chi connectivity index (χ2n) is 6.74. The van der Waals surface area contributed by atoms with Crippen LogP contribution in [-0.4, -0.2) is 46.1 Å². The van der Waals surface area contributed by atoms with Crippen molar-refractivity contribution in [2.24, 2.45) is 4.99 Å². The number of fused-ring (bicyclic) bond motifs is 4. The van der Waals surface area contributed by atoms with Crippen molar-refractivity contribution >= 4 is 11.4 Å². The summed E-state index contributed by atoms with van der Waals surface area (Å²) in [4.78, 5) is 7.02. The first-order chi connectivity index (χ1) is 13.3. The van der Waals surface area contributed by atoms with Crippen molar-refractivity contribution in [3.63, 3.8) is 0 Å². The summed E-state index contributed by atoms with van der Waals surface area (Å²) in [5.74, 6) is 2.92. The Morgan fingerprint density at radius 2 is 1.93 bits per heavy atom. The lowest BCUT2D eigenvalue weighted by Gasteiger charge is -2.31. The van der Waals surface area contributed by atoms with Crippen LogP contribution in [0.3, 0.4) is 0 Å². The number of halogens is 2. The molecule has 0 aliphatic carbocycles. The summed E-state index contributed by atoms with van der Waals surface area (Å²) in [7, 11) is 0. The molecule has 0 N–H and O–H groups in total. The van der Waals surface area contributed by atoms with Gasteiger partial charge in [-0.1, -0.05) is 0 Å². The Bertz CT molecular complexity index is 1040. The minimum absolute atomic E-state index is 0. The summed E-state index contributed by atoms with van der Waals surface area (Å²) in [5.41, 5.74) is 1.78. The van der Waals surface area contributed by atoms with E-state index in [1.54, 1.807) is 0 Å². The third-order valence-corrected chi connectivity index (χ3v) is 5.20. The van der Waals surface area contributed by atoms with Crippen molar-refractivity contribution in [1.29, 1.82) is 0 Å². The van der Waals surface area contributed by atoms with Crippen molar-refractivity contribution in [3.05, 3.63) is 35.0 Å². The molecule has 6 nitrogen and oxygen atoms in total. The molecule has 0 radical (unpaired) electrons. The van der Waals surface area contributed by atoms with Crippen LogP contribution in [0.1, 0.15) is 6.92 Å². The first-order valence-electron chi connectivity index (χ1n) is 9.34. The highest BCUT2D eigenvalue weighted by molar-refractivity contribution is 5.72. The molecule has 0 amide bonds. The summed E-state index contributed by atoms with van der Waals surface area (Å²) in [6, 6.07) is 7.70. The van der Waals surface area contributed by atoms with Crippen molar-refractivity contribution in [2.45, 2.75) is 6.92 Å². The molecule has 0 saturated heterocycles. The monoisotopic (exact) mass is 405 g/mol. The third-order valence-electron chi connectivity index (χ3n) is 5.20. The Balaban J connectivity index is 0.00000192. The minimum Gasteiger partial charge on any atom is -1.00 e. The number of benzene rings is 2. The van der Waals surface area contributed by atoms with Crippen LogP contribution in [0.15, 0.2) is 29.3 Å². The fourth-order valence-electron chi connectivity index (χ4n) is 3.82. The second kappa shape index (κ2) is 7.47. The van der Waals surface area contributed by atoms with E-state index in [1.807, 2.05) is 28.8 Å². The van der Waals surface area contributed by atoms with E-state index >= 15 is 0 Å². The normalized spacial score (nSPS) is 16.1. The number of nitrogens with zero attached hydrogens (tertiary/aromatic N) is 3. The summed E-state index contributed by atoms with van der Waals surface area (Å²) in [6.07, 6.45) is 0. The fraction of sp³-hybridized carbons (Fsp3) is 0.400. The van der Waals surface area contributed by atoms with Crippen LogP contribution in [0.4, 0.5) is 15.8 Å². The first kappa shape index (κ1) is 18.8. The van der Waals surface area contributed by atoms with Gasteiger partial charge in [0.25, 0.3) is 0 Å². The largest absolute Gasteiger partial charge is 1.00 e. The number of rotatable bonds is 3. The first-order valence-corrected chi connectivity index (χ1v) is 9.34. The Labute approximate surface area is 168 Å². The van der Waals surface area contributed by atoms with Crippen LogP contribution in [-0.2, 0) is 0 Å². The molecule has 148 valence electrons. The third kappa shape index (κ3) is 3.03. The molecule has 28 heavy (non-hydrogen) atoms. The maximum Gasteiger partial charge on any atom is 0.246 e. The van der Waals surface area contributed by atoms with Crippen LogP contribution in [0, 0.1) is 0 Å². The number of anilines is 1. The van der Waals surface area contributed by atoms with Crippen LogP contribution < -0.4 is 46.8 Å². The number of hydrogen-bond donors (Lipinski definition) is 0. The molecule has 0 bridgehead atoms. The van der Waals surface area contributed by atoms with Crippen LogP contribution in [0.2, 0.25) is 0 Å². The van der Waals surface area contributed by atoms with Gasteiger partial charge in [-0.25, -0.2) is 14.0 Å². The number of ether oxygens (including phenoxy) is 3. The van der Waals surface area contributed by atoms with Crippen molar-refractivity contribution < 1.29 is 31.0 Å². The van der Waals surface area contributed by atoms with Gasteiger partial charge in [-0.05, 0) is 6.92 Å². The second-order valence-corrected chi connectivity index (χ2v) is 6.74. The van der Waals surface area contributed by atoms with Crippen LogP contribution >= 0.6 is 0 Å². The molecule has 0 spiro atoms. The van der Waals surface area contributed by atoms with E-state index in [0.29, 0.717) is 43.2 Å². The van der Waals surface area contributed by atoms with Gasteiger partial charge >= 0.3 is 0 Å². The molecular formula is C20H21ClFN3O3. The van der Waals surface area contributed by atoms with Gasteiger partial charge in [-0.2, -0.15) is 0 Å². The quantitative estimate of drug-likeness (QED) is 0.515. The van der Waals surface area contributed by atoms with Gasteiger partial charge < -0.3 is 31.5 Å². The van der Waals surface area contributed by atoms with Gasteiger partial charge in [0, 0.05) is 24.7 Å². The molecule has 0 fully saturated rings. The zero-order chi connectivity index (χ0) is 18.4. The van der Waals surface area contributed by atoms with E-state index in [1.165, 1.54) is 0 Å². The maximum absolute atomic E-state index is 12.9. The molecule has 0 atom stereocenters. The molecule has 8 heteroatoms. The number of likely N-dealkylation sites (N-methyl/N-ethyl adjacent to an activating group) is 1. The summed E-state index contributed by atoms with van der Waals surface area (Å²) in [5, 5.41) is 1.57. The summed E-state index contributed by atoms with van der Waals surface area (Å²) < 4.78 is 32.6. The van der Waals surface area contributed by atoms with E-state index in [9.17, 15) is 4.39 Å². The average molecular weight is 406 g/mol. The molecule has 2 aromatic rings. The molecule has 0 saturated carbocycles. The molecule has 3 heterocycles. The van der Waals surface area contributed by atoms with Gasteiger partial charge in [0.15, 0.2) is 30.3 Å². The van der Waals surface area contributed by atoms with Crippen LogP contribution in [0.25, 0.3) is 0 Å². The van der Waals surface area contributed by atoms with Gasteiger partial charge in [0.05, 0.1) is 18.3 Å². The van der Waals surface area contributed by atoms with E-state index in [0.717, 1.165) is 41.3 Å². The molecule has 2 aromatic carbocycles. The van der Waals surface area contributed by atoms with Crippen molar-refractivity contribution in [2.75, 3.05) is 51.0 Å². The SMILES string of the molecule is CCN1CCOc2cc3c(cc21)Oc1cc2c(cc1=N3)OCC[N+]=2CC[19F].[Cl-]. The lowest BCUT2D eigenvalue weighted by molar-refractivity contribution is -0.00000737. The zero-order valence-electron chi connectivity index (χ0n) is 15.6. The van der Waals surface area contributed by atoms with Gasteiger partial charge in [-0.15, -0.1) is 0 Å². The summed E-state index contributed by atoms with van der Waals surface area (Å²) in [6.45, 7) is 5.72. The predicted molar refractivity (Wildman–Crippen MR) is 99.2 cm³/mol. The summed E-state index contributed by atoms with van der Waals surface area (Å²) >= 11 is 0. The Kier molecular flexibility index (Phi) is 5.02. The van der Waals surface area contributed by atoms with Crippen LogP contribution in [0.5, 0.6) is 23.0 Å². The standard InChI is InChI=1S/C20H21FN3O3.ClH/c1-2-23-5-7-25-19-9-13-17(11-15(19)23)27-18-12-16-20(10-14(18)22-13)26-8-6-24(16)4-3-21;/h9-12H,2-8H2,1H3;1H/q+1;/p-1/i21+0;. The average Bonchev–Trinajstić information content (AvgIpc) is 2.69. The van der Waals surface area contributed by atoms with E-state index in [2.05, 4.69) is 11.8 Å². The minimum atomic E-state index is -0.399. The molecular weight excluding hydrogens is 385 g/mol. The van der Waals surface area contributed by atoms with E-state index < -0.39 is 6.67 Å². The molecule has 5 rings (SSSR count). The Hall–Kier alpha value is -2.54. The van der Waals surface area contributed by atoms with Gasteiger partial charge in [0.1, 0.15) is 36.7 Å². The highest BCUT2D eigenvalue weighted by Gasteiger charge is 2.25. The highest BCUT2D eigenvalue weighted by atomic mass is 35.5.